The Bertz CT molecular complexity index is 423. The molecular formula is C14H27N3O. The Balaban J connectivity index is 2.92. The first-order chi connectivity index (χ1) is 8.27. The summed E-state index contributed by atoms with van der Waals surface area (Å²) in [6, 6.07) is 0.509. The van der Waals surface area contributed by atoms with Gasteiger partial charge in [-0.2, -0.15) is 0 Å². The fourth-order valence-electron chi connectivity index (χ4n) is 2.05. The Kier molecular flexibility index (Phi) is 4.79. The van der Waals surface area contributed by atoms with E-state index >= 15 is 0 Å². The van der Waals surface area contributed by atoms with Gasteiger partial charge in [0.05, 0.1) is 0 Å². The van der Waals surface area contributed by atoms with Crippen molar-refractivity contribution in [1.82, 2.24) is 14.5 Å². The van der Waals surface area contributed by atoms with E-state index in [1.807, 2.05) is 26.2 Å². The van der Waals surface area contributed by atoms with Crippen LogP contribution in [0, 0.1) is 5.41 Å². The molecule has 4 heteroatoms. The third-order valence-corrected chi connectivity index (χ3v) is 3.31. The zero-order valence-electron chi connectivity index (χ0n) is 12.5. The lowest BCUT2D eigenvalue weighted by atomic mass is 9.86. The molecule has 0 aliphatic carbocycles. The molecule has 1 N–H and O–H groups in total. The highest BCUT2D eigenvalue weighted by atomic mass is 16.1. The molecule has 1 unspecified atom stereocenters. The molecule has 0 spiro atoms. The van der Waals surface area contributed by atoms with Crippen LogP contribution in [-0.4, -0.2) is 21.7 Å². The second-order valence-electron chi connectivity index (χ2n) is 6.21. The smallest absolute Gasteiger partial charge is 0.312 e. The number of nitrogens with zero attached hydrogens (tertiary/aromatic N) is 2. The normalized spacial score (nSPS) is 14.2. The fourth-order valence-corrected chi connectivity index (χ4v) is 2.05. The molecule has 0 aliphatic rings. The van der Waals surface area contributed by atoms with Crippen LogP contribution in [-0.2, 0) is 6.54 Å². The summed E-state index contributed by atoms with van der Waals surface area (Å²) in [5.74, 6) is 0. The first kappa shape index (κ1) is 15.0. The van der Waals surface area contributed by atoms with Crippen molar-refractivity contribution < 1.29 is 0 Å². The van der Waals surface area contributed by atoms with Crippen molar-refractivity contribution in [1.29, 1.82) is 0 Å². The van der Waals surface area contributed by atoms with Crippen molar-refractivity contribution in [3.8, 4) is 0 Å². The number of hydrogen-bond acceptors (Lipinski definition) is 2. The van der Waals surface area contributed by atoms with Crippen LogP contribution in [0.1, 0.15) is 47.6 Å². The summed E-state index contributed by atoms with van der Waals surface area (Å²) < 4.78 is 3.57. The standard InChI is InChI=1S/C14H27N3O/c1-7-15-12(14(4,5)6)10-16-8-9-17(11(2)3)13(16)18/h8-9,11-12,15H,7,10H2,1-6H3. The summed E-state index contributed by atoms with van der Waals surface area (Å²) in [5, 5.41) is 3.47. The van der Waals surface area contributed by atoms with E-state index in [0.29, 0.717) is 6.04 Å². The van der Waals surface area contributed by atoms with Crippen LogP contribution in [0.5, 0.6) is 0 Å². The van der Waals surface area contributed by atoms with Crippen molar-refractivity contribution in [2.24, 2.45) is 5.41 Å². The Morgan fingerprint density at radius 3 is 2.28 bits per heavy atom. The van der Waals surface area contributed by atoms with Gasteiger partial charge in [-0.3, -0.25) is 9.13 Å². The second kappa shape index (κ2) is 5.74. The van der Waals surface area contributed by atoms with E-state index in [4.69, 9.17) is 0 Å². The molecule has 1 atom stereocenters. The van der Waals surface area contributed by atoms with E-state index in [2.05, 4.69) is 33.0 Å². The molecule has 0 aliphatic heterocycles. The Morgan fingerprint density at radius 2 is 1.89 bits per heavy atom. The summed E-state index contributed by atoms with van der Waals surface area (Å²) in [6.07, 6.45) is 3.76. The highest BCUT2D eigenvalue weighted by Crippen LogP contribution is 2.20. The SMILES string of the molecule is CCNC(Cn1ccn(C(C)C)c1=O)C(C)(C)C. The van der Waals surface area contributed by atoms with Gasteiger partial charge >= 0.3 is 5.69 Å². The number of nitrogens with one attached hydrogen (secondary N) is 1. The van der Waals surface area contributed by atoms with E-state index in [1.54, 1.807) is 9.13 Å². The predicted molar refractivity (Wildman–Crippen MR) is 76.0 cm³/mol. The van der Waals surface area contributed by atoms with E-state index < -0.39 is 0 Å². The van der Waals surface area contributed by atoms with Gasteiger partial charge in [0.15, 0.2) is 0 Å². The van der Waals surface area contributed by atoms with Gasteiger partial charge in [0.2, 0.25) is 0 Å². The molecule has 4 nitrogen and oxygen atoms in total. The lowest BCUT2D eigenvalue weighted by molar-refractivity contribution is 0.243. The quantitative estimate of drug-likeness (QED) is 0.874. The maximum Gasteiger partial charge on any atom is 0.328 e. The van der Waals surface area contributed by atoms with Crippen LogP contribution in [0.4, 0.5) is 0 Å². The monoisotopic (exact) mass is 253 g/mol. The van der Waals surface area contributed by atoms with Crippen molar-refractivity contribution in [2.45, 2.75) is 60.2 Å². The lowest BCUT2D eigenvalue weighted by Crippen LogP contribution is -2.45. The highest BCUT2D eigenvalue weighted by molar-refractivity contribution is 4.88. The molecule has 1 heterocycles. The van der Waals surface area contributed by atoms with E-state index in [1.165, 1.54) is 0 Å². The Labute approximate surface area is 110 Å². The minimum absolute atomic E-state index is 0.0807. The van der Waals surface area contributed by atoms with E-state index in [0.717, 1.165) is 13.1 Å². The average molecular weight is 253 g/mol. The minimum Gasteiger partial charge on any atom is -0.312 e. The van der Waals surface area contributed by atoms with Crippen LogP contribution >= 0.6 is 0 Å². The second-order valence-corrected chi connectivity index (χ2v) is 6.21. The minimum atomic E-state index is 0.0807. The largest absolute Gasteiger partial charge is 0.328 e. The van der Waals surface area contributed by atoms with Crippen LogP contribution in [0.3, 0.4) is 0 Å². The topological polar surface area (TPSA) is 39.0 Å². The summed E-state index contributed by atoms with van der Waals surface area (Å²) >= 11 is 0. The first-order valence-electron chi connectivity index (χ1n) is 6.78. The van der Waals surface area contributed by atoms with Gasteiger partial charge in [0, 0.05) is 31.0 Å². The van der Waals surface area contributed by atoms with Gasteiger partial charge in [0.25, 0.3) is 0 Å². The number of rotatable bonds is 5. The molecule has 0 fully saturated rings. The summed E-state index contributed by atoms with van der Waals surface area (Å²) in [7, 11) is 0. The molecule has 1 rings (SSSR count). The fraction of sp³-hybridized carbons (Fsp3) is 0.786. The number of hydrogen-bond donors (Lipinski definition) is 1. The third-order valence-electron chi connectivity index (χ3n) is 3.31. The molecule has 1 aromatic heterocycles. The van der Waals surface area contributed by atoms with Gasteiger partial charge in [-0.1, -0.05) is 27.7 Å². The molecule has 0 saturated heterocycles. The van der Waals surface area contributed by atoms with Crippen LogP contribution in [0.15, 0.2) is 17.2 Å². The third kappa shape index (κ3) is 3.48. The lowest BCUT2D eigenvalue weighted by Gasteiger charge is -2.31. The van der Waals surface area contributed by atoms with Gasteiger partial charge in [-0.25, -0.2) is 4.79 Å². The molecular weight excluding hydrogens is 226 g/mol. The molecule has 0 aromatic carbocycles. The maximum absolute atomic E-state index is 12.2. The van der Waals surface area contributed by atoms with Crippen LogP contribution < -0.4 is 11.0 Å². The number of aromatic nitrogens is 2. The molecule has 104 valence electrons. The molecule has 18 heavy (non-hydrogen) atoms. The average Bonchev–Trinajstić information content (AvgIpc) is 2.58. The van der Waals surface area contributed by atoms with E-state index in [9.17, 15) is 4.79 Å². The Morgan fingerprint density at radius 1 is 1.28 bits per heavy atom. The summed E-state index contributed by atoms with van der Waals surface area (Å²) in [4.78, 5) is 12.2. The van der Waals surface area contributed by atoms with Gasteiger partial charge < -0.3 is 5.32 Å². The van der Waals surface area contributed by atoms with Crippen molar-refractivity contribution >= 4 is 0 Å². The summed E-state index contributed by atoms with van der Waals surface area (Å²) in [5.41, 5.74) is 0.215. The van der Waals surface area contributed by atoms with Gasteiger partial charge in [-0.05, 0) is 25.8 Å². The summed E-state index contributed by atoms with van der Waals surface area (Å²) in [6.45, 7) is 14.4. The van der Waals surface area contributed by atoms with E-state index in [-0.39, 0.29) is 17.1 Å². The van der Waals surface area contributed by atoms with Gasteiger partial charge in [0.1, 0.15) is 0 Å². The van der Waals surface area contributed by atoms with Gasteiger partial charge in [-0.15, -0.1) is 0 Å². The van der Waals surface area contributed by atoms with Crippen LogP contribution in [0.2, 0.25) is 0 Å². The van der Waals surface area contributed by atoms with Crippen LogP contribution in [0.25, 0.3) is 0 Å². The van der Waals surface area contributed by atoms with Crippen molar-refractivity contribution in [3.63, 3.8) is 0 Å². The predicted octanol–water partition coefficient (Wildman–Crippen LogP) is 2.25. The number of likely N-dealkylation sites (N-methyl/N-ethyl adjacent to an activating group) is 1. The zero-order chi connectivity index (χ0) is 13.9. The van der Waals surface area contributed by atoms with Crippen molar-refractivity contribution in [3.05, 3.63) is 22.9 Å². The Hall–Kier alpha value is -1.03. The highest BCUT2D eigenvalue weighted by Gasteiger charge is 2.24. The first-order valence-corrected chi connectivity index (χ1v) is 6.78. The molecule has 1 aromatic rings. The maximum atomic E-state index is 12.2. The molecule has 0 bridgehead atoms. The molecule has 0 radical (unpaired) electrons. The molecule has 0 amide bonds. The number of imidazole rings is 1. The van der Waals surface area contributed by atoms with Crippen molar-refractivity contribution in [2.75, 3.05) is 6.54 Å². The zero-order valence-corrected chi connectivity index (χ0v) is 12.5. The molecule has 0 saturated carbocycles.